The number of carbonyl (C=O) groups is 2. The Labute approximate surface area is 120 Å². The number of alkyl halides is 3. The molecule has 0 aromatic heterocycles. The summed E-state index contributed by atoms with van der Waals surface area (Å²) in [5, 5.41) is 0. The molecule has 1 rings (SSSR count). The van der Waals surface area contributed by atoms with E-state index in [2.05, 4.69) is 11.4 Å². The summed E-state index contributed by atoms with van der Waals surface area (Å²) in [5.74, 6) is -0.605. The zero-order chi connectivity index (χ0) is 13.8. The SMILES string of the molecule is C=CC1CCN(C(=O)ONC(=O)C(Cl)(Cl)Cl)CC1. The molecule has 0 radical (unpaired) electrons. The van der Waals surface area contributed by atoms with Crippen LogP contribution in [0.5, 0.6) is 0 Å². The largest absolute Gasteiger partial charge is 0.434 e. The summed E-state index contributed by atoms with van der Waals surface area (Å²) in [6.45, 7) is 4.79. The van der Waals surface area contributed by atoms with E-state index in [0.717, 1.165) is 12.8 Å². The molecule has 1 saturated heterocycles. The van der Waals surface area contributed by atoms with Crippen molar-refractivity contribution in [3.63, 3.8) is 0 Å². The Morgan fingerprint density at radius 2 is 1.89 bits per heavy atom. The summed E-state index contributed by atoms with van der Waals surface area (Å²) >= 11 is 15.9. The molecule has 1 aliphatic heterocycles. The summed E-state index contributed by atoms with van der Waals surface area (Å²) in [4.78, 5) is 28.7. The third kappa shape index (κ3) is 4.55. The number of likely N-dealkylation sites (tertiary alicyclic amines) is 1. The molecule has 1 aliphatic rings. The Balaban J connectivity index is 2.34. The van der Waals surface area contributed by atoms with E-state index in [1.807, 2.05) is 6.08 Å². The molecule has 0 atom stereocenters. The third-order valence-corrected chi connectivity index (χ3v) is 3.13. The molecule has 1 fully saturated rings. The Morgan fingerprint density at radius 3 is 2.33 bits per heavy atom. The number of hydrogen-bond donors (Lipinski definition) is 1. The van der Waals surface area contributed by atoms with Gasteiger partial charge in [0.1, 0.15) is 0 Å². The number of nitrogens with one attached hydrogen (secondary N) is 1. The van der Waals surface area contributed by atoms with E-state index in [-0.39, 0.29) is 0 Å². The minimum absolute atomic E-state index is 0.407. The van der Waals surface area contributed by atoms with Gasteiger partial charge in [0.05, 0.1) is 0 Å². The number of hydroxylamine groups is 1. The van der Waals surface area contributed by atoms with Gasteiger partial charge in [0, 0.05) is 13.1 Å². The predicted molar refractivity (Wildman–Crippen MR) is 69.4 cm³/mol. The van der Waals surface area contributed by atoms with Crippen molar-refractivity contribution in [1.29, 1.82) is 0 Å². The normalized spacial score (nSPS) is 17.2. The average molecular weight is 316 g/mol. The van der Waals surface area contributed by atoms with Crippen LogP contribution in [0.1, 0.15) is 12.8 Å². The van der Waals surface area contributed by atoms with E-state index in [0.29, 0.717) is 19.0 Å². The van der Waals surface area contributed by atoms with E-state index >= 15 is 0 Å². The molecule has 5 nitrogen and oxygen atoms in total. The molecule has 1 N–H and O–H groups in total. The van der Waals surface area contributed by atoms with Crippen LogP contribution in [0.25, 0.3) is 0 Å². The summed E-state index contributed by atoms with van der Waals surface area (Å²) < 4.78 is -2.16. The maximum atomic E-state index is 11.6. The van der Waals surface area contributed by atoms with Crippen LogP contribution in [0.15, 0.2) is 12.7 Å². The number of nitrogens with zero attached hydrogens (tertiary/aromatic N) is 1. The summed E-state index contributed by atoms with van der Waals surface area (Å²) in [6, 6.07) is 0. The molecule has 2 amide bonds. The molecule has 0 unspecified atom stereocenters. The van der Waals surface area contributed by atoms with Crippen LogP contribution in [-0.2, 0) is 9.63 Å². The average Bonchev–Trinajstić information content (AvgIpc) is 2.34. The van der Waals surface area contributed by atoms with Crippen molar-refractivity contribution < 1.29 is 14.4 Å². The van der Waals surface area contributed by atoms with Crippen molar-refractivity contribution >= 4 is 46.8 Å². The molecule has 0 aromatic carbocycles. The minimum Gasteiger partial charge on any atom is -0.321 e. The first kappa shape index (κ1) is 15.4. The Morgan fingerprint density at radius 1 is 1.33 bits per heavy atom. The van der Waals surface area contributed by atoms with E-state index in [9.17, 15) is 9.59 Å². The lowest BCUT2D eigenvalue weighted by molar-refractivity contribution is -0.129. The van der Waals surface area contributed by atoms with Gasteiger partial charge in [-0.05, 0) is 18.8 Å². The number of rotatable bonds is 1. The molecule has 18 heavy (non-hydrogen) atoms. The molecule has 1 heterocycles. The van der Waals surface area contributed by atoms with Crippen LogP contribution >= 0.6 is 34.8 Å². The number of amides is 2. The smallest absolute Gasteiger partial charge is 0.321 e. The predicted octanol–water partition coefficient (Wildman–Crippen LogP) is 2.42. The zero-order valence-electron chi connectivity index (χ0n) is 9.50. The number of halogens is 3. The highest BCUT2D eigenvalue weighted by Crippen LogP contribution is 2.25. The van der Waals surface area contributed by atoms with Gasteiger partial charge >= 0.3 is 12.0 Å². The second-order valence-corrected chi connectivity index (χ2v) is 6.14. The lowest BCUT2D eigenvalue weighted by Gasteiger charge is -2.29. The van der Waals surface area contributed by atoms with Gasteiger partial charge in [-0.1, -0.05) is 40.9 Å². The van der Waals surface area contributed by atoms with E-state index in [1.54, 1.807) is 5.48 Å². The molecule has 8 heteroatoms. The number of carbonyl (C=O) groups excluding carboxylic acids is 2. The topological polar surface area (TPSA) is 58.6 Å². The highest BCUT2D eigenvalue weighted by atomic mass is 35.6. The number of allylic oxidation sites excluding steroid dienone is 1. The van der Waals surface area contributed by atoms with Gasteiger partial charge in [-0.25, -0.2) is 4.79 Å². The van der Waals surface area contributed by atoms with Crippen molar-refractivity contribution in [2.75, 3.05) is 13.1 Å². The summed E-state index contributed by atoms with van der Waals surface area (Å²) in [5.41, 5.74) is 1.80. The fourth-order valence-corrected chi connectivity index (χ4v) is 1.65. The van der Waals surface area contributed by atoms with Gasteiger partial charge in [0.15, 0.2) is 0 Å². The van der Waals surface area contributed by atoms with Crippen LogP contribution in [0.4, 0.5) is 4.79 Å². The van der Waals surface area contributed by atoms with Gasteiger partial charge in [-0.2, -0.15) is 5.48 Å². The first-order chi connectivity index (χ1) is 8.34. The first-order valence-corrected chi connectivity index (χ1v) is 6.43. The van der Waals surface area contributed by atoms with Crippen LogP contribution in [0, 0.1) is 5.92 Å². The Hall–Kier alpha value is -0.650. The van der Waals surface area contributed by atoms with Crippen molar-refractivity contribution in [2.24, 2.45) is 5.92 Å². The highest BCUT2D eigenvalue weighted by Gasteiger charge is 2.32. The monoisotopic (exact) mass is 314 g/mol. The number of hydrogen-bond acceptors (Lipinski definition) is 3. The molecule has 0 saturated carbocycles. The zero-order valence-corrected chi connectivity index (χ0v) is 11.8. The fourth-order valence-electron chi connectivity index (χ4n) is 1.53. The molecule has 0 aliphatic carbocycles. The lowest BCUT2D eigenvalue weighted by atomic mass is 9.98. The van der Waals surface area contributed by atoms with Crippen molar-refractivity contribution in [2.45, 2.75) is 16.6 Å². The maximum absolute atomic E-state index is 11.6. The fraction of sp³-hybridized carbons (Fsp3) is 0.600. The first-order valence-electron chi connectivity index (χ1n) is 5.30. The van der Waals surface area contributed by atoms with Crippen LogP contribution in [-0.4, -0.2) is 33.8 Å². The highest BCUT2D eigenvalue weighted by molar-refractivity contribution is 6.76. The van der Waals surface area contributed by atoms with Crippen molar-refractivity contribution in [1.82, 2.24) is 10.4 Å². The minimum atomic E-state index is -2.16. The summed E-state index contributed by atoms with van der Waals surface area (Å²) in [7, 11) is 0. The Kier molecular flexibility index (Phi) is 5.56. The third-order valence-electron chi connectivity index (χ3n) is 2.62. The van der Waals surface area contributed by atoms with Crippen LogP contribution in [0.3, 0.4) is 0 Å². The van der Waals surface area contributed by atoms with Gasteiger partial charge < -0.3 is 9.74 Å². The summed E-state index contributed by atoms with van der Waals surface area (Å²) in [6.07, 6.45) is 2.83. The van der Waals surface area contributed by atoms with Crippen molar-refractivity contribution in [3.05, 3.63) is 12.7 Å². The lowest BCUT2D eigenvalue weighted by Crippen LogP contribution is -2.43. The Bertz CT molecular complexity index is 336. The van der Waals surface area contributed by atoms with Crippen LogP contribution in [0.2, 0.25) is 0 Å². The second kappa shape index (κ2) is 6.50. The molecule has 0 bridgehead atoms. The standard InChI is InChI=1S/C10H13Cl3N2O3/c1-2-7-3-5-15(6-4-7)9(17)18-14-8(16)10(11,12)13/h2,7H,1,3-6H2,(H,14,16). The molecular weight excluding hydrogens is 302 g/mol. The second-order valence-electron chi connectivity index (χ2n) is 3.86. The van der Waals surface area contributed by atoms with Gasteiger partial charge in [0.25, 0.3) is 3.79 Å². The van der Waals surface area contributed by atoms with Gasteiger partial charge in [-0.15, -0.1) is 6.58 Å². The molecule has 0 aromatic rings. The van der Waals surface area contributed by atoms with Crippen LogP contribution < -0.4 is 5.48 Å². The van der Waals surface area contributed by atoms with Crippen molar-refractivity contribution in [3.8, 4) is 0 Å². The van der Waals surface area contributed by atoms with E-state index < -0.39 is 15.8 Å². The molecular formula is C10H13Cl3N2O3. The van der Waals surface area contributed by atoms with Gasteiger partial charge in [-0.3, -0.25) is 4.79 Å². The van der Waals surface area contributed by atoms with E-state index in [1.165, 1.54) is 4.90 Å². The molecule has 0 spiro atoms. The maximum Gasteiger partial charge on any atom is 0.434 e. The van der Waals surface area contributed by atoms with E-state index in [4.69, 9.17) is 34.8 Å². The number of piperidine rings is 1. The molecule has 102 valence electrons. The quantitative estimate of drug-likeness (QED) is 0.459. The van der Waals surface area contributed by atoms with Gasteiger partial charge in [0.2, 0.25) is 0 Å².